The third-order valence-corrected chi connectivity index (χ3v) is 0.877. The van der Waals surface area contributed by atoms with Gasteiger partial charge in [0.1, 0.15) is 5.69 Å². The van der Waals surface area contributed by atoms with Crippen molar-refractivity contribution < 1.29 is 10.4 Å². The fourth-order valence-electron chi connectivity index (χ4n) is 0.472. The molecule has 0 aliphatic heterocycles. The van der Waals surface area contributed by atoms with Gasteiger partial charge in [-0.25, -0.2) is 0 Å². The van der Waals surface area contributed by atoms with Gasteiger partial charge in [-0.05, 0) is 12.1 Å². The maximum atomic E-state index is 8.37. The molecule has 1 rings (SSSR count). The molecule has 9 heavy (non-hydrogen) atoms. The van der Waals surface area contributed by atoms with Crippen LogP contribution in [0, 0.1) is 0 Å². The highest BCUT2D eigenvalue weighted by molar-refractivity contribution is 5.36. The van der Waals surface area contributed by atoms with Gasteiger partial charge in [0.15, 0.2) is 0 Å². The van der Waals surface area contributed by atoms with E-state index >= 15 is 0 Å². The van der Waals surface area contributed by atoms with E-state index in [0.29, 0.717) is 0 Å². The molecule has 2 N–H and O–H groups in total. The zero-order valence-corrected chi connectivity index (χ0v) is 4.60. The SMILES string of the molecule is ON(O)c1cccnc1. The number of nitrogens with zero attached hydrogens (tertiary/aromatic N) is 2. The summed E-state index contributed by atoms with van der Waals surface area (Å²) in [6.07, 6.45) is 2.88. The third-order valence-electron chi connectivity index (χ3n) is 0.877. The monoisotopic (exact) mass is 126 g/mol. The lowest BCUT2D eigenvalue weighted by Gasteiger charge is -2.04. The predicted molar refractivity (Wildman–Crippen MR) is 30.3 cm³/mol. The van der Waals surface area contributed by atoms with Crippen molar-refractivity contribution in [2.75, 3.05) is 5.23 Å². The van der Waals surface area contributed by atoms with Crippen LogP contribution in [0.4, 0.5) is 5.69 Å². The van der Waals surface area contributed by atoms with Gasteiger partial charge in [0.05, 0.1) is 6.20 Å². The summed E-state index contributed by atoms with van der Waals surface area (Å²) in [7, 11) is 0. The average Bonchev–Trinajstić information content (AvgIpc) is 1.90. The van der Waals surface area contributed by atoms with Gasteiger partial charge in [-0.15, -0.1) is 5.23 Å². The molecule has 0 aliphatic carbocycles. The van der Waals surface area contributed by atoms with E-state index < -0.39 is 0 Å². The zero-order chi connectivity index (χ0) is 6.69. The van der Waals surface area contributed by atoms with E-state index in [0.717, 1.165) is 0 Å². The van der Waals surface area contributed by atoms with Crippen molar-refractivity contribution in [1.82, 2.24) is 4.98 Å². The molecule has 0 saturated heterocycles. The van der Waals surface area contributed by atoms with Crippen molar-refractivity contribution in [2.45, 2.75) is 0 Å². The van der Waals surface area contributed by atoms with Gasteiger partial charge in [-0.3, -0.25) is 15.4 Å². The highest BCUT2D eigenvalue weighted by Crippen LogP contribution is 2.04. The highest BCUT2D eigenvalue weighted by atomic mass is 16.8. The topological polar surface area (TPSA) is 56.6 Å². The molecule has 0 atom stereocenters. The van der Waals surface area contributed by atoms with Gasteiger partial charge < -0.3 is 0 Å². The van der Waals surface area contributed by atoms with Crippen LogP contribution >= 0.6 is 0 Å². The number of aromatic nitrogens is 1. The Morgan fingerprint density at radius 3 is 2.56 bits per heavy atom. The molecule has 0 saturated carbocycles. The molecule has 1 aromatic rings. The van der Waals surface area contributed by atoms with Crippen LogP contribution in [-0.4, -0.2) is 15.4 Å². The molecule has 4 heteroatoms. The summed E-state index contributed by atoms with van der Waals surface area (Å²) >= 11 is 0. The van der Waals surface area contributed by atoms with Crippen LogP contribution < -0.4 is 5.23 Å². The van der Waals surface area contributed by atoms with E-state index in [-0.39, 0.29) is 10.9 Å². The van der Waals surface area contributed by atoms with E-state index in [9.17, 15) is 0 Å². The lowest BCUT2D eigenvalue weighted by molar-refractivity contribution is 0.0290. The first-order valence-corrected chi connectivity index (χ1v) is 2.38. The molecule has 4 nitrogen and oxygen atoms in total. The maximum Gasteiger partial charge on any atom is 0.113 e. The largest absolute Gasteiger partial charge is 0.264 e. The smallest absolute Gasteiger partial charge is 0.113 e. The van der Waals surface area contributed by atoms with Crippen LogP contribution in [0.2, 0.25) is 0 Å². The maximum absolute atomic E-state index is 8.37. The Morgan fingerprint density at radius 1 is 1.44 bits per heavy atom. The Morgan fingerprint density at radius 2 is 2.22 bits per heavy atom. The molecule has 0 amide bonds. The first kappa shape index (κ1) is 6.00. The second-order valence-electron chi connectivity index (χ2n) is 1.50. The van der Waals surface area contributed by atoms with Gasteiger partial charge in [-0.2, -0.15) is 0 Å². The summed E-state index contributed by atoms with van der Waals surface area (Å²) in [5.74, 6) is 0. The van der Waals surface area contributed by atoms with Crippen molar-refractivity contribution in [3.63, 3.8) is 0 Å². The highest BCUT2D eigenvalue weighted by Gasteiger charge is 1.93. The molecule has 0 radical (unpaired) electrons. The van der Waals surface area contributed by atoms with E-state index in [2.05, 4.69) is 4.98 Å². The standard InChI is InChI=1S/C5H6N2O2/c8-7(9)5-2-1-3-6-4-5/h1-4,8-9H. The molecule has 1 heterocycles. The number of hydrogen-bond donors (Lipinski definition) is 2. The number of pyridine rings is 1. The number of anilines is 1. The Labute approximate surface area is 51.9 Å². The van der Waals surface area contributed by atoms with Crippen molar-refractivity contribution in [1.29, 1.82) is 0 Å². The van der Waals surface area contributed by atoms with Crippen LogP contribution in [0.3, 0.4) is 0 Å². The van der Waals surface area contributed by atoms with Crippen molar-refractivity contribution in [2.24, 2.45) is 0 Å². The third kappa shape index (κ3) is 1.38. The first-order chi connectivity index (χ1) is 4.30. The van der Waals surface area contributed by atoms with E-state index in [1.54, 1.807) is 12.3 Å². The lowest BCUT2D eigenvalue weighted by atomic mass is 10.4. The first-order valence-electron chi connectivity index (χ1n) is 2.38. The minimum absolute atomic E-state index is 0.0208. The molecular formula is C5H6N2O2. The second kappa shape index (κ2) is 2.43. The lowest BCUT2D eigenvalue weighted by Crippen LogP contribution is -2.10. The molecular weight excluding hydrogens is 120 g/mol. The molecule has 0 aromatic carbocycles. The molecule has 0 unspecified atom stereocenters. The van der Waals surface area contributed by atoms with Gasteiger partial charge in [0, 0.05) is 6.20 Å². The molecule has 48 valence electrons. The minimum Gasteiger partial charge on any atom is -0.264 e. The van der Waals surface area contributed by atoms with Gasteiger partial charge >= 0.3 is 0 Å². The van der Waals surface area contributed by atoms with E-state index in [1.807, 2.05) is 0 Å². The van der Waals surface area contributed by atoms with Gasteiger partial charge in [0.25, 0.3) is 0 Å². The normalized spacial score (nSPS) is 9.11. The van der Waals surface area contributed by atoms with Crippen molar-refractivity contribution >= 4 is 5.69 Å². The molecule has 0 spiro atoms. The quantitative estimate of drug-likeness (QED) is 0.543. The van der Waals surface area contributed by atoms with E-state index in [4.69, 9.17) is 10.4 Å². The summed E-state index contributed by atoms with van der Waals surface area (Å²) in [4.78, 5) is 3.64. The zero-order valence-electron chi connectivity index (χ0n) is 4.60. The number of rotatable bonds is 1. The van der Waals surface area contributed by atoms with E-state index in [1.165, 1.54) is 12.3 Å². The Kier molecular flexibility index (Phi) is 1.62. The Hall–Kier alpha value is -1.13. The molecule has 1 aromatic heterocycles. The van der Waals surface area contributed by atoms with Crippen LogP contribution in [0.15, 0.2) is 24.5 Å². The fraction of sp³-hybridized carbons (Fsp3) is 0. The van der Waals surface area contributed by atoms with Gasteiger partial charge in [0.2, 0.25) is 0 Å². The van der Waals surface area contributed by atoms with Crippen molar-refractivity contribution in [3.8, 4) is 0 Å². The molecule has 0 bridgehead atoms. The van der Waals surface area contributed by atoms with Crippen LogP contribution in [-0.2, 0) is 0 Å². The second-order valence-corrected chi connectivity index (χ2v) is 1.50. The van der Waals surface area contributed by atoms with Crippen molar-refractivity contribution in [3.05, 3.63) is 24.5 Å². The Balaban J connectivity index is 2.85. The van der Waals surface area contributed by atoms with Gasteiger partial charge in [-0.1, -0.05) is 0 Å². The summed E-state index contributed by atoms with van der Waals surface area (Å²) in [6.45, 7) is 0. The minimum atomic E-state index is 0.0208. The predicted octanol–water partition coefficient (Wildman–Crippen LogP) is 0.666. The summed E-state index contributed by atoms with van der Waals surface area (Å²) in [5, 5.41) is 16.8. The average molecular weight is 126 g/mol. The van der Waals surface area contributed by atoms with Crippen LogP contribution in [0.25, 0.3) is 0 Å². The fourth-order valence-corrected chi connectivity index (χ4v) is 0.472. The summed E-state index contributed by atoms with van der Waals surface area (Å²) in [6, 6.07) is 3.13. The summed E-state index contributed by atoms with van der Waals surface area (Å²) < 4.78 is 0. The van der Waals surface area contributed by atoms with Crippen LogP contribution in [0.5, 0.6) is 0 Å². The number of hydrogen-bond acceptors (Lipinski definition) is 4. The molecule has 0 aliphatic rings. The Bertz CT molecular complexity index is 176. The summed E-state index contributed by atoms with van der Waals surface area (Å²) in [5.41, 5.74) is 0.248. The molecule has 0 fully saturated rings. The van der Waals surface area contributed by atoms with Crippen LogP contribution in [0.1, 0.15) is 0 Å².